The predicted molar refractivity (Wildman–Crippen MR) is 104 cm³/mol. The summed E-state index contributed by atoms with van der Waals surface area (Å²) in [5, 5.41) is 22.9. The second-order valence-electron chi connectivity index (χ2n) is 7.31. The zero-order valence-electron chi connectivity index (χ0n) is 16.1. The van der Waals surface area contributed by atoms with Gasteiger partial charge in [0.25, 0.3) is 0 Å². The van der Waals surface area contributed by atoms with Crippen LogP contribution in [0.4, 0.5) is 0 Å². The maximum Gasteiger partial charge on any atom is 0.227 e. The van der Waals surface area contributed by atoms with Crippen LogP contribution in [0.5, 0.6) is 5.75 Å². The van der Waals surface area contributed by atoms with E-state index in [0.29, 0.717) is 18.6 Å². The average molecular weight is 400 g/mol. The Kier molecular flexibility index (Phi) is 7.76. The summed E-state index contributed by atoms with van der Waals surface area (Å²) in [6.07, 6.45) is 0.560. The van der Waals surface area contributed by atoms with E-state index in [1.54, 1.807) is 18.7 Å². The van der Waals surface area contributed by atoms with Crippen molar-refractivity contribution in [3.05, 3.63) is 27.8 Å². The Morgan fingerprint density at radius 2 is 2.07 bits per heavy atom. The number of carbonyl (C=O) groups is 1. The average Bonchev–Trinajstić information content (AvgIpc) is 2.62. The van der Waals surface area contributed by atoms with Gasteiger partial charge in [-0.2, -0.15) is 11.8 Å². The van der Waals surface area contributed by atoms with Gasteiger partial charge in [-0.3, -0.25) is 9.59 Å². The molecule has 3 N–H and O–H groups in total. The molecule has 1 aromatic heterocycles. The minimum Gasteiger partial charge on any atom is -0.502 e. The molecule has 1 aliphatic heterocycles. The van der Waals surface area contributed by atoms with Gasteiger partial charge in [-0.05, 0) is 45.1 Å². The maximum absolute atomic E-state index is 12.5. The fourth-order valence-electron chi connectivity index (χ4n) is 3.17. The number of rotatable bonds is 8. The molecule has 0 radical (unpaired) electrons. The van der Waals surface area contributed by atoms with Crippen LogP contribution in [0.2, 0.25) is 0 Å². The van der Waals surface area contributed by atoms with Gasteiger partial charge in [-0.15, -0.1) is 0 Å². The van der Waals surface area contributed by atoms with Gasteiger partial charge in [0.05, 0.1) is 18.8 Å². The summed E-state index contributed by atoms with van der Waals surface area (Å²) in [7, 11) is 0. The highest BCUT2D eigenvalue weighted by atomic mass is 32.2. The van der Waals surface area contributed by atoms with E-state index in [4.69, 9.17) is 9.15 Å². The van der Waals surface area contributed by atoms with Crippen LogP contribution >= 0.6 is 11.8 Å². The van der Waals surface area contributed by atoms with Gasteiger partial charge >= 0.3 is 0 Å². The fraction of sp³-hybridized carbons (Fsp3) is 0.684. The lowest BCUT2D eigenvalue weighted by Crippen LogP contribution is -2.41. The molecule has 0 saturated carbocycles. The molecular formula is C19H29NO6S. The molecule has 8 heteroatoms. The highest BCUT2D eigenvalue weighted by Crippen LogP contribution is 2.43. The smallest absolute Gasteiger partial charge is 0.227 e. The number of hydrogen-bond acceptors (Lipinski definition) is 7. The lowest BCUT2D eigenvalue weighted by Gasteiger charge is -2.35. The summed E-state index contributed by atoms with van der Waals surface area (Å²) in [5.74, 6) is 1.57. The monoisotopic (exact) mass is 399 g/mol. The summed E-state index contributed by atoms with van der Waals surface area (Å²) in [4.78, 5) is 24.6. The van der Waals surface area contributed by atoms with Crippen molar-refractivity contribution >= 4 is 17.7 Å². The van der Waals surface area contributed by atoms with E-state index < -0.39 is 22.7 Å². The summed E-state index contributed by atoms with van der Waals surface area (Å²) >= 11 is 1.77. The van der Waals surface area contributed by atoms with E-state index in [1.165, 1.54) is 6.07 Å². The van der Waals surface area contributed by atoms with Crippen molar-refractivity contribution in [3.8, 4) is 5.75 Å². The van der Waals surface area contributed by atoms with E-state index in [2.05, 4.69) is 5.32 Å². The second-order valence-corrected chi connectivity index (χ2v) is 8.53. The third kappa shape index (κ3) is 5.99. The lowest BCUT2D eigenvalue weighted by molar-refractivity contribution is -0.123. The second kappa shape index (κ2) is 9.61. The first-order chi connectivity index (χ1) is 12.7. The van der Waals surface area contributed by atoms with Crippen molar-refractivity contribution in [2.24, 2.45) is 0 Å². The fourth-order valence-corrected chi connectivity index (χ4v) is 4.45. The number of amides is 1. The van der Waals surface area contributed by atoms with Crippen molar-refractivity contribution in [1.82, 2.24) is 5.32 Å². The van der Waals surface area contributed by atoms with Crippen LogP contribution in [0.15, 0.2) is 15.3 Å². The van der Waals surface area contributed by atoms with Crippen molar-refractivity contribution in [3.63, 3.8) is 0 Å². The van der Waals surface area contributed by atoms with Gasteiger partial charge in [-0.25, -0.2) is 0 Å². The molecule has 27 heavy (non-hydrogen) atoms. The number of aliphatic hydroxyl groups excluding tert-OH is 1. The lowest BCUT2D eigenvalue weighted by atomic mass is 9.75. The SMILES string of the molecule is Cc1cc(=O)c(O)c(C2(CC(=O)NCC(O)COC(C)C)CCSCC2)o1. The zero-order chi connectivity index (χ0) is 20.0. The molecule has 1 atom stereocenters. The molecule has 1 saturated heterocycles. The molecule has 1 unspecified atom stereocenters. The van der Waals surface area contributed by atoms with Crippen molar-refractivity contribution in [2.45, 2.75) is 57.7 Å². The van der Waals surface area contributed by atoms with Crippen molar-refractivity contribution in [2.75, 3.05) is 24.7 Å². The molecule has 1 amide bonds. The first-order valence-corrected chi connectivity index (χ1v) is 10.4. The number of hydrogen-bond donors (Lipinski definition) is 3. The van der Waals surface area contributed by atoms with Crippen molar-refractivity contribution in [1.29, 1.82) is 0 Å². The molecule has 7 nitrogen and oxygen atoms in total. The Morgan fingerprint density at radius 1 is 1.41 bits per heavy atom. The summed E-state index contributed by atoms with van der Waals surface area (Å²) in [6.45, 7) is 5.63. The minimum absolute atomic E-state index is 0.00514. The Balaban J connectivity index is 2.11. The molecule has 0 bridgehead atoms. The third-order valence-electron chi connectivity index (χ3n) is 4.63. The van der Waals surface area contributed by atoms with Crippen molar-refractivity contribution < 1.29 is 24.2 Å². The quantitative estimate of drug-likeness (QED) is 0.610. The first kappa shape index (κ1) is 21.8. The van der Waals surface area contributed by atoms with Crippen LogP contribution in [0.1, 0.15) is 44.6 Å². The van der Waals surface area contributed by atoms with Gasteiger partial charge in [0.15, 0.2) is 5.76 Å². The number of aromatic hydroxyl groups is 1. The molecule has 2 heterocycles. The van der Waals surface area contributed by atoms with Gasteiger partial charge in [-0.1, -0.05) is 0 Å². The number of thioether (sulfide) groups is 1. The van der Waals surface area contributed by atoms with Crippen LogP contribution in [0, 0.1) is 6.92 Å². The van der Waals surface area contributed by atoms with Crippen LogP contribution in [-0.2, 0) is 14.9 Å². The normalized spacial score (nSPS) is 17.7. The largest absolute Gasteiger partial charge is 0.502 e. The number of ether oxygens (including phenoxy) is 1. The molecule has 0 aliphatic carbocycles. The minimum atomic E-state index is -0.792. The van der Waals surface area contributed by atoms with E-state index in [9.17, 15) is 19.8 Å². The molecule has 152 valence electrons. The molecule has 1 fully saturated rings. The topological polar surface area (TPSA) is 109 Å². The number of nitrogens with one attached hydrogen (secondary N) is 1. The van der Waals surface area contributed by atoms with Crippen LogP contribution in [0.25, 0.3) is 0 Å². The van der Waals surface area contributed by atoms with E-state index in [1.807, 2.05) is 13.8 Å². The van der Waals surface area contributed by atoms with Gasteiger partial charge in [0.2, 0.25) is 17.1 Å². The van der Waals surface area contributed by atoms with Gasteiger partial charge in [0, 0.05) is 24.4 Å². The predicted octanol–water partition coefficient (Wildman–Crippen LogP) is 1.71. The molecule has 0 spiro atoms. The Morgan fingerprint density at radius 3 is 2.70 bits per heavy atom. The Bertz CT molecular complexity index is 696. The van der Waals surface area contributed by atoms with Gasteiger partial charge in [0.1, 0.15) is 5.76 Å². The zero-order valence-corrected chi connectivity index (χ0v) is 16.9. The maximum atomic E-state index is 12.5. The third-order valence-corrected chi connectivity index (χ3v) is 5.62. The Hall–Kier alpha value is -1.51. The van der Waals surface area contributed by atoms with E-state index >= 15 is 0 Å². The van der Waals surface area contributed by atoms with E-state index in [0.717, 1.165) is 11.5 Å². The van der Waals surface area contributed by atoms with Crippen LogP contribution in [0.3, 0.4) is 0 Å². The highest BCUT2D eigenvalue weighted by molar-refractivity contribution is 7.99. The molecule has 1 aliphatic rings. The highest BCUT2D eigenvalue weighted by Gasteiger charge is 2.41. The van der Waals surface area contributed by atoms with Crippen LogP contribution in [-0.4, -0.2) is 53.0 Å². The summed E-state index contributed by atoms with van der Waals surface area (Å²) in [5.41, 5.74) is -1.21. The number of carbonyl (C=O) groups excluding carboxylic acids is 1. The summed E-state index contributed by atoms with van der Waals surface area (Å²) < 4.78 is 11.0. The number of aryl methyl sites for hydroxylation is 1. The Labute approximate surface area is 163 Å². The molecule has 2 rings (SSSR count). The summed E-state index contributed by atoms with van der Waals surface area (Å²) in [6, 6.07) is 1.25. The van der Waals surface area contributed by atoms with E-state index in [-0.39, 0.29) is 37.3 Å². The standard InChI is InChI=1S/C19H29NO6S/c1-12(2)25-11-14(21)10-20-16(23)9-19(4-6-27-7-5-19)18-17(24)15(22)8-13(3)26-18/h8,12,14,21,24H,4-7,9-11H2,1-3H3,(H,20,23). The van der Waals surface area contributed by atoms with Gasteiger partial charge < -0.3 is 24.7 Å². The first-order valence-electron chi connectivity index (χ1n) is 9.22. The molecule has 1 aromatic rings. The number of aliphatic hydroxyl groups is 1. The molecule has 0 aromatic carbocycles. The molecular weight excluding hydrogens is 370 g/mol. The van der Waals surface area contributed by atoms with Crippen LogP contribution < -0.4 is 10.7 Å².